The van der Waals surface area contributed by atoms with Gasteiger partial charge in [0.2, 0.25) is 0 Å². The van der Waals surface area contributed by atoms with E-state index in [1.165, 1.54) is 24.3 Å². The number of hydrogen-bond donors (Lipinski definition) is 1. The second-order valence-corrected chi connectivity index (χ2v) is 3.89. The Bertz CT molecular complexity index is 611. The van der Waals surface area contributed by atoms with Gasteiger partial charge in [-0.05, 0) is 24.3 Å². The Morgan fingerprint density at radius 3 is 2.35 bits per heavy atom. The van der Waals surface area contributed by atoms with Crippen molar-refractivity contribution in [3.8, 4) is 5.75 Å². The minimum atomic E-state index is -0.885. The molecular formula is C14H10F3NO2. The zero-order valence-corrected chi connectivity index (χ0v) is 10.2. The van der Waals surface area contributed by atoms with Crippen LogP contribution in [-0.4, -0.2) is 12.5 Å². The summed E-state index contributed by atoms with van der Waals surface area (Å²) in [7, 11) is 0. The van der Waals surface area contributed by atoms with Crippen LogP contribution < -0.4 is 10.1 Å². The average Bonchev–Trinajstić information content (AvgIpc) is 2.41. The molecule has 0 spiro atoms. The first-order valence-corrected chi connectivity index (χ1v) is 5.68. The van der Waals surface area contributed by atoms with Crippen LogP contribution in [0.1, 0.15) is 0 Å². The fourth-order valence-corrected chi connectivity index (χ4v) is 1.50. The highest BCUT2D eigenvalue weighted by Crippen LogP contribution is 2.18. The molecule has 2 aromatic carbocycles. The van der Waals surface area contributed by atoms with Crippen molar-refractivity contribution in [1.82, 2.24) is 0 Å². The van der Waals surface area contributed by atoms with Gasteiger partial charge in [0.25, 0.3) is 5.91 Å². The van der Waals surface area contributed by atoms with Gasteiger partial charge in [-0.1, -0.05) is 12.1 Å². The van der Waals surface area contributed by atoms with E-state index in [0.29, 0.717) is 0 Å². The Kier molecular flexibility index (Phi) is 4.24. The molecule has 104 valence electrons. The lowest BCUT2D eigenvalue weighted by molar-refractivity contribution is -0.118. The van der Waals surface area contributed by atoms with E-state index in [4.69, 9.17) is 4.74 Å². The molecule has 0 fully saturated rings. The lowest BCUT2D eigenvalue weighted by Gasteiger charge is -2.09. The molecular weight excluding hydrogens is 271 g/mol. The highest BCUT2D eigenvalue weighted by atomic mass is 19.1. The van der Waals surface area contributed by atoms with Gasteiger partial charge in [-0.2, -0.15) is 0 Å². The lowest BCUT2D eigenvalue weighted by atomic mass is 10.3. The number of benzene rings is 2. The molecule has 3 nitrogen and oxygen atoms in total. The summed E-state index contributed by atoms with van der Waals surface area (Å²) in [6.07, 6.45) is 0. The molecule has 1 N–H and O–H groups in total. The summed E-state index contributed by atoms with van der Waals surface area (Å²) in [5, 5.41) is 2.06. The van der Waals surface area contributed by atoms with Crippen LogP contribution in [0.25, 0.3) is 0 Å². The number of nitrogens with one attached hydrogen (secondary N) is 1. The van der Waals surface area contributed by atoms with Gasteiger partial charge >= 0.3 is 0 Å². The van der Waals surface area contributed by atoms with E-state index in [2.05, 4.69) is 5.32 Å². The first kappa shape index (κ1) is 13.9. The second kappa shape index (κ2) is 6.10. The van der Waals surface area contributed by atoms with Gasteiger partial charge in [0.05, 0.1) is 0 Å². The molecule has 0 aliphatic rings. The SMILES string of the molecule is O=C(COc1cccc(F)c1)Nc1c(F)cccc1F. The number of amides is 1. The standard InChI is InChI=1S/C14H10F3NO2/c15-9-3-1-4-10(7-9)20-8-13(19)18-14-11(16)5-2-6-12(14)17/h1-7H,8H2,(H,18,19). The fourth-order valence-electron chi connectivity index (χ4n) is 1.50. The maximum absolute atomic E-state index is 13.3. The van der Waals surface area contributed by atoms with Crippen LogP contribution in [-0.2, 0) is 4.79 Å². The molecule has 0 atom stereocenters. The van der Waals surface area contributed by atoms with Crippen LogP contribution in [0.3, 0.4) is 0 Å². The Morgan fingerprint density at radius 2 is 1.70 bits per heavy atom. The van der Waals surface area contributed by atoms with E-state index < -0.39 is 35.7 Å². The average molecular weight is 281 g/mol. The Labute approximate surface area is 113 Å². The van der Waals surface area contributed by atoms with Gasteiger partial charge in [-0.15, -0.1) is 0 Å². The zero-order chi connectivity index (χ0) is 14.5. The maximum Gasteiger partial charge on any atom is 0.262 e. The quantitative estimate of drug-likeness (QED) is 0.935. The molecule has 6 heteroatoms. The number of anilines is 1. The normalized spacial score (nSPS) is 10.2. The topological polar surface area (TPSA) is 38.3 Å². The third kappa shape index (κ3) is 3.50. The predicted octanol–water partition coefficient (Wildman–Crippen LogP) is 3.12. The van der Waals surface area contributed by atoms with Crippen molar-refractivity contribution in [3.05, 3.63) is 59.9 Å². The molecule has 0 unspecified atom stereocenters. The molecule has 0 aliphatic carbocycles. The van der Waals surface area contributed by atoms with E-state index in [9.17, 15) is 18.0 Å². The van der Waals surface area contributed by atoms with Crippen LogP contribution in [0.2, 0.25) is 0 Å². The summed E-state index contributed by atoms with van der Waals surface area (Å²) in [6, 6.07) is 8.42. The van der Waals surface area contributed by atoms with Crippen LogP contribution in [0, 0.1) is 17.5 Å². The monoisotopic (exact) mass is 281 g/mol. The number of ether oxygens (including phenoxy) is 1. The predicted molar refractivity (Wildman–Crippen MR) is 66.9 cm³/mol. The van der Waals surface area contributed by atoms with Gasteiger partial charge < -0.3 is 10.1 Å². The molecule has 0 radical (unpaired) electrons. The Balaban J connectivity index is 1.96. The van der Waals surface area contributed by atoms with E-state index >= 15 is 0 Å². The van der Waals surface area contributed by atoms with Gasteiger partial charge in [0.1, 0.15) is 28.9 Å². The molecule has 0 heterocycles. The van der Waals surface area contributed by atoms with Crippen molar-refractivity contribution >= 4 is 11.6 Å². The summed E-state index contributed by atoms with van der Waals surface area (Å²) in [5.74, 6) is -2.89. The number of hydrogen-bond acceptors (Lipinski definition) is 2. The molecule has 20 heavy (non-hydrogen) atoms. The number of carbonyl (C=O) groups excluding carboxylic acids is 1. The van der Waals surface area contributed by atoms with Gasteiger partial charge in [0, 0.05) is 6.07 Å². The third-order valence-electron chi connectivity index (χ3n) is 2.39. The largest absolute Gasteiger partial charge is 0.484 e. The second-order valence-electron chi connectivity index (χ2n) is 3.89. The lowest BCUT2D eigenvalue weighted by Crippen LogP contribution is -2.21. The summed E-state index contributed by atoms with van der Waals surface area (Å²) in [5.41, 5.74) is -0.541. The molecule has 0 aromatic heterocycles. The minimum Gasteiger partial charge on any atom is -0.484 e. The van der Waals surface area contributed by atoms with Gasteiger partial charge in [-0.3, -0.25) is 4.79 Å². The van der Waals surface area contributed by atoms with Gasteiger partial charge in [-0.25, -0.2) is 13.2 Å². The molecule has 0 saturated heterocycles. The summed E-state index contributed by atoms with van der Waals surface area (Å²) in [4.78, 5) is 11.5. The van der Waals surface area contributed by atoms with Crippen molar-refractivity contribution in [2.24, 2.45) is 0 Å². The van der Waals surface area contributed by atoms with Gasteiger partial charge in [0.15, 0.2) is 6.61 Å². The fraction of sp³-hybridized carbons (Fsp3) is 0.0714. The molecule has 2 aromatic rings. The van der Waals surface area contributed by atoms with Crippen molar-refractivity contribution in [1.29, 1.82) is 0 Å². The molecule has 2 rings (SSSR count). The zero-order valence-electron chi connectivity index (χ0n) is 10.2. The maximum atomic E-state index is 13.3. The van der Waals surface area contributed by atoms with Crippen molar-refractivity contribution in [2.45, 2.75) is 0 Å². The first-order valence-electron chi connectivity index (χ1n) is 5.68. The van der Waals surface area contributed by atoms with Crippen LogP contribution in [0.5, 0.6) is 5.75 Å². The molecule has 1 amide bonds. The number of para-hydroxylation sites is 1. The van der Waals surface area contributed by atoms with Crippen LogP contribution in [0.4, 0.5) is 18.9 Å². The molecule has 0 bridgehead atoms. The number of carbonyl (C=O) groups is 1. The van der Waals surface area contributed by atoms with E-state index in [1.54, 1.807) is 0 Å². The summed E-state index contributed by atoms with van der Waals surface area (Å²) >= 11 is 0. The highest BCUT2D eigenvalue weighted by molar-refractivity contribution is 5.92. The van der Waals surface area contributed by atoms with E-state index in [1.807, 2.05) is 0 Å². The smallest absolute Gasteiger partial charge is 0.262 e. The van der Waals surface area contributed by atoms with Crippen LogP contribution in [0.15, 0.2) is 42.5 Å². The van der Waals surface area contributed by atoms with Crippen molar-refractivity contribution in [2.75, 3.05) is 11.9 Å². The third-order valence-corrected chi connectivity index (χ3v) is 2.39. The molecule has 0 aliphatic heterocycles. The summed E-state index contributed by atoms with van der Waals surface area (Å²) in [6.45, 7) is -0.489. The van der Waals surface area contributed by atoms with Crippen LogP contribution >= 0.6 is 0 Å². The first-order chi connectivity index (χ1) is 9.56. The summed E-state index contributed by atoms with van der Waals surface area (Å²) < 4.78 is 44.4. The number of halogens is 3. The Hall–Kier alpha value is -2.50. The van der Waals surface area contributed by atoms with Crippen molar-refractivity contribution in [3.63, 3.8) is 0 Å². The van der Waals surface area contributed by atoms with E-state index in [-0.39, 0.29) is 5.75 Å². The number of rotatable bonds is 4. The van der Waals surface area contributed by atoms with Crippen molar-refractivity contribution < 1.29 is 22.7 Å². The highest BCUT2D eigenvalue weighted by Gasteiger charge is 2.12. The minimum absolute atomic E-state index is 0.147. The van der Waals surface area contributed by atoms with E-state index in [0.717, 1.165) is 18.2 Å². The Morgan fingerprint density at radius 1 is 1.05 bits per heavy atom. The molecule has 0 saturated carbocycles.